The molecule has 2 aromatic heterocycles. The van der Waals surface area contributed by atoms with Crippen LogP contribution >= 0.6 is 11.8 Å². The lowest BCUT2D eigenvalue weighted by molar-refractivity contribution is -0.130. The summed E-state index contributed by atoms with van der Waals surface area (Å²) in [5.41, 5.74) is 2.10. The molecule has 0 spiro atoms. The van der Waals surface area contributed by atoms with Gasteiger partial charge in [0.1, 0.15) is 5.76 Å². The fourth-order valence-electron chi connectivity index (χ4n) is 3.69. The monoisotopic (exact) mass is 426 g/mol. The number of carbonyl (C=O) groups is 1. The van der Waals surface area contributed by atoms with E-state index < -0.39 is 0 Å². The van der Waals surface area contributed by atoms with Crippen LogP contribution in [0.1, 0.15) is 24.3 Å². The van der Waals surface area contributed by atoms with E-state index in [2.05, 4.69) is 46.3 Å². The van der Waals surface area contributed by atoms with Crippen LogP contribution in [0.5, 0.6) is 0 Å². The molecule has 0 saturated carbocycles. The first-order chi connectivity index (χ1) is 14.5. The number of piperazine rings is 1. The molecular weight excluding hydrogens is 400 g/mol. The molecule has 30 heavy (non-hydrogen) atoms. The van der Waals surface area contributed by atoms with Gasteiger partial charge in [-0.1, -0.05) is 42.1 Å². The number of aryl methyl sites for hydroxylation is 1. The van der Waals surface area contributed by atoms with Gasteiger partial charge in [-0.25, -0.2) is 4.68 Å². The van der Waals surface area contributed by atoms with Crippen molar-refractivity contribution >= 4 is 17.7 Å². The first-order valence-electron chi connectivity index (χ1n) is 9.99. The van der Waals surface area contributed by atoms with Crippen LogP contribution in [-0.4, -0.2) is 62.5 Å². The number of hydrogen-bond acceptors (Lipinski definition) is 7. The van der Waals surface area contributed by atoms with Crippen molar-refractivity contribution in [1.29, 1.82) is 0 Å². The highest BCUT2D eigenvalue weighted by molar-refractivity contribution is 7.99. The van der Waals surface area contributed by atoms with Gasteiger partial charge in [-0.3, -0.25) is 9.69 Å². The molecule has 1 aromatic carbocycles. The molecule has 9 heteroatoms. The number of furan rings is 1. The summed E-state index contributed by atoms with van der Waals surface area (Å²) < 4.78 is 6.72. The summed E-state index contributed by atoms with van der Waals surface area (Å²) in [5.74, 6) is 7.77. The summed E-state index contributed by atoms with van der Waals surface area (Å²) in [6, 6.07) is 12.6. The molecule has 3 heterocycles. The standard InChI is InChI=1S/C21H26N6O2S/c1-15(17-6-4-3-5-7-17)25-9-11-26(12-10-25)19(28)14-30-21-24-23-20(27(21)22)18-8-13-29-16(18)2/h3-8,13,15H,9-12,14,22H2,1-2H3. The van der Waals surface area contributed by atoms with Gasteiger partial charge in [0.2, 0.25) is 11.1 Å². The van der Waals surface area contributed by atoms with Gasteiger partial charge in [-0.15, -0.1) is 10.2 Å². The number of nitrogen functional groups attached to an aromatic ring is 1. The fraction of sp³-hybridized carbons (Fsp3) is 0.381. The predicted octanol–water partition coefficient (Wildman–Crippen LogP) is 2.56. The van der Waals surface area contributed by atoms with Gasteiger partial charge in [-0.2, -0.15) is 0 Å². The Morgan fingerprint density at radius 3 is 2.57 bits per heavy atom. The van der Waals surface area contributed by atoms with Crippen molar-refractivity contribution in [3.05, 3.63) is 54.0 Å². The van der Waals surface area contributed by atoms with E-state index >= 15 is 0 Å². The minimum Gasteiger partial charge on any atom is -0.469 e. The molecule has 1 unspecified atom stereocenters. The van der Waals surface area contributed by atoms with Crippen molar-refractivity contribution in [1.82, 2.24) is 24.7 Å². The predicted molar refractivity (Wildman–Crippen MR) is 116 cm³/mol. The van der Waals surface area contributed by atoms with Crippen molar-refractivity contribution in [2.45, 2.75) is 25.0 Å². The van der Waals surface area contributed by atoms with Crippen molar-refractivity contribution < 1.29 is 9.21 Å². The Kier molecular flexibility index (Phi) is 6.10. The van der Waals surface area contributed by atoms with Crippen molar-refractivity contribution in [3.63, 3.8) is 0 Å². The number of rotatable bonds is 6. The first kappa shape index (κ1) is 20.5. The molecule has 8 nitrogen and oxygen atoms in total. The van der Waals surface area contributed by atoms with Crippen LogP contribution in [0.3, 0.4) is 0 Å². The number of nitrogens with zero attached hydrogens (tertiary/aromatic N) is 5. The molecule has 1 saturated heterocycles. The van der Waals surface area contributed by atoms with Crippen LogP contribution in [0.2, 0.25) is 0 Å². The Morgan fingerprint density at radius 1 is 1.17 bits per heavy atom. The summed E-state index contributed by atoms with van der Waals surface area (Å²) >= 11 is 1.31. The summed E-state index contributed by atoms with van der Waals surface area (Å²) in [7, 11) is 0. The Hall–Kier alpha value is -2.78. The summed E-state index contributed by atoms with van der Waals surface area (Å²) in [6.07, 6.45) is 1.59. The third kappa shape index (κ3) is 4.22. The zero-order valence-electron chi connectivity index (χ0n) is 17.2. The Morgan fingerprint density at radius 2 is 1.90 bits per heavy atom. The number of aromatic nitrogens is 3. The lowest BCUT2D eigenvalue weighted by Crippen LogP contribution is -2.49. The summed E-state index contributed by atoms with van der Waals surface area (Å²) in [4.78, 5) is 17.0. The average Bonchev–Trinajstić information content (AvgIpc) is 3.37. The van der Waals surface area contributed by atoms with E-state index in [1.165, 1.54) is 22.0 Å². The molecule has 1 aliphatic rings. The van der Waals surface area contributed by atoms with Gasteiger partial charge in [0.05, 0.1) is 17.6 Å². The quantitative estimate of drug-likeness (QED) is 0.478. The highest BCUT2D eigenvalue weighted by Gasteiger charge is 2.25. The average molecular weight is 427 g/mol. The van der Waals surface area contributed by atoms with E-state index in [1.54, 1.807) is 12.3 Å². The van der Waals surface area contributed by atoms with E-state index in [1.807, 2.05) is 17.9 Å². The molecule has 1 fully saturated rings. The summed E-state index contributed by atoms with van der Waals surface area (Å²) in [5, 5.41) is 8.78. The van der Waals surface area contributed by atoms with E-state index in [0.717, 1.165) is 37.5 Å². The molecule has 3 aromatic rings. The number of nitrogens with two attached hydrogens (primary N) is 1. The smallest absolute Gasteiger partial charge is 0.233 e. The molecule has 0 radical (unpaired) electrons. The molecule has 0 bridgehead atoms. The number of amides is 1. The maximum atomic E-state index is 12.7. The van der Waals surface area contributed by atoms with Crippen molar-refractivity contribution in [3.8, 4) is 11.4 Å². The van der Waals surface area contributed by atoms with E-state index in [-0.39, 0.29) is 11.7 Å². The zero-order chi connectivity index (χ0) is 21.1. The largest absolute Gasteiger partial charge is 0.469 e. The second-order valence-corrected chi connectivity index (χ2v) is 8.30. The van der Waals surface area contributed by atoms with Gasteiger partial charge < -0.3 is 15.2 Å². The SMILES string of the molecule is Cc1occc1-c1nnc(SCC(=O)N2CCN(C(C)c3ccccc3)CC2)n1N. The molecule has 0 aliphatic carbocycles. The molecule has 1 aliphatic heterocycles. The Bertz CT molecular complexity index is 994. The number of carbonyl (C=O) groups excluding carboxylic acids is 1. The van der Waals surface area contributed by atoms with Crippen LogP contribution in [0.15, 0.2) is 52.2 Å². The number of benzene rings is 1. The lowest BCUT2D eigenvalue weighted by atomic mass is 10.1. The first-order valence-corrected chi connectivity index (χ1v) is 11.0. The Labute approximate surface area is 180 Å². The second kappa shape index (κ2) is 8.93. The highest BCUT2D eigenvalue weighted by Crippen LogP contribution is 2.25. The van der Waals surface area contributed by atoms with Gasteiger partial charge >= 0.3 is 0 Å². The highest BCUT2D eigenvalue weighted by atomic mass is 32.2. The molecule has 158 valence electrons. The molecule has 4 rings (SSSR count). The molecular formula is C21H26N6O2S. The minimum absolute atomic E-state index is 0.0936. The minimum atomic E-state index is 0.0936. The van der Waals surface area contributed by atoms with Crippen molar-refractivity contribution in [2.24, 2.45) is 0 Å². The van der Waals surface area contributed by atoms with Gasteiger partial charge in [0, 0.05) is 32.2 Å². The summed E-state index contributed by atoms with van der Waals surface area (Å²) in [6.45, 7) is 7.25. The van der Waals surface area contributed by atoms with E-state index in [9.17, 15) is 4.79 Å². The van der Waals surface area contributed by atoms with E-state index in [4.69, 9.17) is 10.3 Å². The maximum absolute atomic E-state index is 12.7. The zero-order valence-corrected chi connectivity index (χ0v) is 18.0. The van der Waals surface area contributed by atoms with E-state index in [0.29, 0.717) is 17.0 Å². The maximum Gasteiger partial charge on any atom is 0.233 e. The van der Waals surface area contributed by atoms with Crippen LogP contribution in [0.25, 0.3) is 11.4 Å². The van der Waals surface area contributed by atoms with Gasteiger partial charge in [-0.05, 0) is 25.5 Å². The second-order valence-electron chi connectivity index (χ2n) is 7.36. The fourth-order valence-corrected chi connectivity index (χ4v) is 4.45. The van der Waals surface area contributed by atoms with Crippen LogP contribution < -0.4 is 5.84 Å². The lowest BCUT2D eigenvalue weighted by Gasteiger charge is -2.38. The topological polar surface area (TPSA) is 93.4 Å². The molecule has 1 atom stereocenters. The third-order valence-corrected chi connectivity index (χ3v) is 6.51. The van der Waals surface area contributed by atoms with Crippen LogP contribution in [0.4, 0.5) is 0 Å². The van der Waals surface area contributed by atoms with Gasteiger partial charge in [0.25, 0.3) is 0 Å². The van der Waals surface area contributed by atoms with Crippen LogP contribution in [-0.2, 0) is 4.79 Å². The third-order valence-electron chi connectivity index (χ3n) is 5.59. The normalized spacial score (nSPS) is 16.0. The van der Waals surface area contributed by atoms with Gasteiger partial charge in [0.15, 0.2) is 5.82 Å². The van der Waals surface area contributed by atoms with Crippen molar-refractivity contribution in [2.75, 3.05) is 37.8 Å². The number of hydrogen-bond donors (Lipinski definition) is 1. The van der Waals surface area contributed by atoms with Crippen LogP contribution in [0, 0.1) is 6.92 Å². The molecule has 1 amide bonds. The molecule has 2 N–H and O–H groups in total. The number of thioether (sulfide) groups is 1. The Balaban J connectivity index is 1.30.